The van der Waals surface area contributed by atoms with E-state index in [4.69, 9.17) is 4.74 Å². The quantitative estimate of drug-likeness (QED) is 0.399. The minimum atomic E-state index is -0.0737. The Balaban J connectivity index is 0.00000288. The van der Waals surface area contributed by atoms with Gasteiger partial charge >= 0.3 is 0 Å². The molecular formula is C17H27IN4O2. The number of nitrogens with zero attached hydrogens (tertiary/aromatic N) is 2. The summed E-state index contributed by atoms with van der Waals surface area (Å²) in [6, 6.07) is 7.65. The molecule has 1 heterocycles. The average molecular weight is 446 g/mol. The molecular weight excluding hydrogens is 419 g/mol. The molecule has 0 spiro atoms. The van der Waals surface area contributed by atoms with E-state index in [1.807, 2.05) is 31.2 Å². The highest BCUT2D eigenvalue weighted by Crippen LogP contribution is 2.11. The fourth-order valence-electron chi connectivity index (χ4n) is 2.50. The van der Waals surface area contributed by atoms with Crippen LogP contribution >= 0.6 is 24.0 Å². The molecule has 6 nitrogen and oxygen atoms in total. The van der Waals surface area contributed by atoms with E-state index in [1.54, 1.807) is 7.11 Å². The lowest BCUT2D eigenvalue weighted by Crippen LogP contribution is -2.40. The molecule has 7 heteroatoms. The highest BCUT2D eigenvalue weighted by molar-refractivity contribution is 14.0. The molecule has 1 aromatic carbocycles. The first-order valence-electron chi connectivity index (χ1n) is 8.16. The number of halogens is 1. The molecule has 1 saturated heterocycles. The Morgan fingerprint density at radius 1 is 1.21 bits per heavy atom. The summed E-state index contributed by atoms with van der Waals surface area (Å²) in [6.45, 7) is 5.52. The van der Waals surface area contributed by atoms with Crippen molar-refractivity contribution >= 4 is 35.8 Å². The minimum Gasteiger partial charge on any atom is -0.497 e. The lowest BCUT2D eigenvalue weighted by atomic mass is 10.2. The van der Waals surface area contributed by atoms with Gasteiger partial charge in [0.1, 0.15) is 12.3 Å². The Kier molecular flexibility index (Phi) is 9.51. The number of nitrogens with one attached hydrogen (secondary N) is 2. The maximum Gasteiger partial charge on any atom is 0.242 e. The Hall–Kier alpha value is -1.51. The van der Waals surface area contributed by atoms with Gasteiger partial charge in [0.25, 0.3) is 0 Å². The van der Waals surface area contributed by atoms with Crippen molar-refractivity contribution in [1.82, 2.24) is 15.5 Å². The molecule has 0 aromatic heterocycles. The van der Waals surface area contributed by atoms with Crippen LogP contribution in [0.5, 0.6) is 5.75 Å². The van der Waals surface area contributed by atoms with Gasteiger partial charge in [0.15, 0.2) is 5.96 Å². The summed E-state index contributed by atoms with van der Waals surface area (Å²) in [5.41, 5.74) is 1.04. The Bertz CT molecular complexity index is 528. The summed E-state index contributed by atoms with van der Waals surface area (Å²) in [7, 11) is 1.64. The van der Waals surface area contributed by atoms with Gasteiger partial charge in [-0.1, -0.05) is 12.1 Å². The van der Waals surface area contributed by atoms with Crippen molar-refractivity contribution in [2.45, 2.75) is 26.3 Å². The van der Waals surface area contributed by atoms with Gasteiger partial charge in [-0.3, -0.25) is 4.79 Å². The van der Waals surface area contributed by atoms with Gasteiger partial charge < -0.3 is 20.3 Å². The molecule has 0 atom stereocenters. The van der Waals surface area contributed by atoms with E-state index >= 15 is 0 Å². The number of carbonyl (C=O) groups is 1. The number of amides is 1. The Morgan fingerprint density at radius 2 is 1.88 bits per heavy atom. The highest BCUT2D eigenvalue weighted by Gasteiger charge is 2.15. The van der Waals surface area contributed by atoms with Crippen LogP contribution in [0.3, 0.4) is 0 Å². The van der Waals surface area contributed by atoms with Gasteiger partial charge in [-0.15, -0.1) is 24.0 Å². The van der Waals surface area contributed by atoms with Crippen molar-refractivity contribution in [3.8, 4) is 5.75 Å². The second-order valence-corrected chi connectivity index (χ2v) is 5.49. The second-order valence-electron chi connectivity index (χ2n) is 5.49. The third-order valence-electron chi connectivity index (χ3n) is 3.76. The molecule has 0 saturated carbocycles. The summed E-state index contributed by atoms with van der Waals surface area (Å²) in [6.07, 6.45) is 2.38. The predicted octanol–water partition coefficient (Wildman–Crippen LogP) is 1.99. The number of hydrogen-bond acceptors (Lipinski definition) is 3. The van der Waals surface area contributed by atoms with Gasteiger partial charge in [0.05, 0.1) is 7.11 Å². The molecule has 1 aliphatic heterocycles. The third-order valence-corrected chi connectivity index (χ3v) is 3.76. The monoisotopic (exact) mass is 446 g/mol. The van der Waals surface area contributed by atoms with Gasteiger partial charge in [0.2, 0.25) is 5.91 Å². The maximum absolute atomic E-state index is 12.0. The molecule has 2 rings (SSSR count). The molecule has 1 amide bonds. The van der Waals surface area contributed by atoms with Gasteiger partial charge in [-0.05, 0) is 37.5 Å². The summed E-state index contributed by atoms with van der Waals surface area (Å²) >= 11 is 0. The van der Waals surface area contributed by atoms with Gasteiger partial charge in [-0.25, -0.2) is 4.99 Å². The Labute approximate surface area is 161 Å². The zero-order chi connectivity index (χ0) is 16.5. The summed E-state index contributed by atoms with van der Waals surface area (Å²) in [5.74, 6) is 1.57. The van der Waals surface area contributed by atoms with E-state index in [1.165, 1.54) is 12.8 Å². The zero-order valence-electron chi connectivity index (χ0n) is 14.4. The molecule has 24 heavy (non-hydrogen) atoms. The minimum absolute atomic E-state index is 0. The first kappa shape index (κ1) is 20.5. The van der Waals surface area contributed by atoms with Crippen molar-refractivity contribution in [3.05, 3.63) is 29.8 Å². The molecule has 2 N–H and O–H groups in total. The fraction of sp³-hybridized carbons (Fsp3) is 0.529. The van der Waals surface area contributed by atoms with Crippen molar-refractivity contribution in [1.29, 1.82) is 0 Å². The van der Waals surface area contributed by atoms with Crippen molar-refractivity contribution in [2.24, 2.45) is 4.99 Å². The van der Waals surface area contributed by atoms with E-state index in [-0.39, 0.29) is 36.4 Å². The number of methoxy groups -OCH3 is 1. The topological polar surface area (TPSA) is 66.0 Å². The molecule has 0 unspecified atom stereocenters. The standard InChI is InChI=1S/C17H26N4O2.HI/c1-3-18-17(21-10-4-5-11-21)20-13-16(22)19-12-14-6-8-15(23-2)9-7-14;/h6-9H,3-5,10-13H2,1-2H3,(H,18,20)(H,19,22);1H. The molecule has 1 aliphatic rings. The summed E-state index contributed by atoms with van der Waals surface area (Å²) in [5, 5.41) is 6.14. The smallest absolute Gasteiger partial charge is 0.242 e. The number of likely N-dealkylation sites (tertiary alicyclic amines) is 1. The highest BCUT2D eigenvalue weighted by atomic mass is 127. The largest absolute Gasteiger partial charge is 0.497 e. The van der Waals surface area contributed by atoms with E-state index in [0.29, 0.717) is 6.54 Å². The van der Waals surface area contributed by atoms with Crippen LogP contribution in [0.2, 0.25) is 0 Å². The van der Waals surface area contributed by atoms with Crippen molar-refractivity contribution < 1.29 is 9.53 Å². The van der Waals surface area contributed by atoms with Crippen LogP contribution in [-0.2, 0) is 11.3 Å². The molecule has 134 valence electrons. The van der Waals surface area contributed by atoms with Crippen molar-refractivity contribution in [2.75, 3.05) is 33.3 Å². The van der Waals surface area contributed by atoms with Crippen LogP contribution in [0.1, 0.15) is 25.3 Å². The lowest BCUT2D eigenvalue weighted by Gasteiger charge is -2.20. The number of aliphatic imine (C=N–C) groups is 1. The maximum atomic E-state index is 12.0. The van der Waals surface area contributed by atoms with E-state index in [2.05, 4.69) is 20.5 Å². The first-order chi connectivity index (χ1) is 11.2. The van der Waals surface area contributed by atoms with E-state index < -0.39 is 0 Å². The Morgan fingerprint density at radius 3 is 2.46 bits per heavy atom. The molecule has 1 aromatic rings. The number of rotatable bonds is 6. The zero-order valence-corrected chi connectivity index (χ0v) is 16.7. The number of ether oxygens (including phenoxy) is 1. The van der Waals surface area contributed by atoms with Gasteiger partial charge in [-0.2, -0.15) is 0 Å². The average Bonchev–Trinajstić information content (AvgIpc) is 3.11. The third kappa shape index (κ3) is 6.54. The second kappa shape index (κ2) is 11.1. The van der Waals surface area contributed by atoms with Crippen molar-refractivity contribution in [3.63, 3.8) is 0 Å². The molecule has 0 aliphatic carbocycles. The molecule has 0 bridgehead atoms. The fourth-order valence-corrected chi connectivity index (χ4v) is 2.50. The van der Waals surface area contributed by atoms with E-state index in [9.17, 15) is 4.79 Å². The van der Waals surface area contributed by atoms with Crippen LogP contribution in [0, 0.1) is 0 Å². The lowest BCUT2D eigenvalue weighted by molar-refractivity contribution is -0.119. The van der Waals surface area contributed by atoms with Crippen LogP contribution in [0.4, 0.5) is 0 Å². The normalized spacial score (nSPS) is 14.1. The molecule has 0 radical (unpaired) electrons. The number of carbonyl (C=O) groups excluding carboxylic acids is 1. The number of guanidine groups is 1. The number of benzene rings is 1. The van der Waals surface area contributed by atoms with Crippen LogP contribution in [0.15, 0.2) is 29.3 Å². The SMILES string of the molecule is CCNC(=NCC(=O)NCc1ccc(OC)cc1)N1CCCC1.I. The predicted molar refractivity (Wildman–Crippen MR) is 107 cm³/mol. The summed E-state index contributed by atoms with van der Waals surface area (Å²) < 4.78 is 5.11. The number of hydrogen-bond donors (Lipinski definition) is 2. The summed E-state index contributed by atoms with van der Waals surface area (Å²) in [4.78, 5) is 18.6. The van der Waals surface area contributed by atoms with Crippen LogP contribution < -0.4 is 15.4 Å². The van der Waals surface area contributed by atoms with Gasteiger partial charge in [0, 0.05) is 26.2 Å². The van der Waals surface area contributed by atoms with E-state index in [0.717, 1.165) is 36.9 Å². The van der Waals surface area contributed by atoms with Crippen LogP contribution in [0.25, 0.3) is 0 Å². The first-order valence-corrected chi connectivity index (χ1v) is 8.16. The van der Waals surface area contributed by atoms with Crippen LogP contribution in [-0.4, -0.2) is 50.1 Å². The molecule has 1 fully saturated rings.